The number of anilines is 2. The molecular formula is C60H59Cl2F6N7O4. The minimum atomic E-state index is -4.68. The number of pyridine rings is 2. The van der Waals surface area contributed by atoms with E-state index in [2.05, 4.69) is 65.9 Å². The van der Waals surface area contributed by atoms with E-state index >= 15 is 0 Å². The Kier molecular flexibility index (Phi) is 17.5. The first kappa shape index (κ1) is 56.5. The van der Waals surface area contributed by atoms with Crippen LogP contribution in [-0.4, -0.2) is 81.8 Å². The van der Waals surface area contributed by atoms with E-state index in [1.165, 1.54) is 24.3 Å². The number of piperidine rings is 2. The molecule has 10 rings (SSSR count). The zero-order valence-corrected chi connectivity index (χ0v) is 45.3. The van der Waals surface area contributed by atoms with E-state index in [9.17, 15) is 35.9 Å². The van der Waals surface area contributed by atoms with E-state index in [0.29, 0.717) is 64.8 Å². The fourth-order valence-electron chi connectivity index (χ4n) is 10.6. The van der Waals surface area contributed by atoms with Gasteiger partial charge < -0.3 is 24.2 Å². The van der Waals surface area contributed by atoms with Crippen LogP contribution in [0.25, 0.3) is 11.0 Å². The minimum Gasteiger partial charge on any atom is -0.406 e. The second kappa shape index (κ2) is 24.4. The number of carbonyl (C=O) groups is 2. The third-order valence-corrected chi connectivity index (χ3v) is 15.1. The second-order valence-corrected chi connectivity index (χ2v) is 20.7. The van der Waals surface area contributed by atoms with Crippen LogP contribution in [0.3, 0.4) is 0 Å². The molecule has 0 saturated carbocycles. The van der Waals surface area contributed by atoms with Crippen molar-refractivity contribution in [3.63, 3.8) is 0 Å². The highest BCUT2D eigenvalue weighted by Crippen LogP contribution is 2.35. The summed E-state index contributed by atoms with van der Waals surface area (Å²) in [5.74, 6) is 0.160. The van der Waals surface area contributed by atoms with Gasteiger partial charge in [0.15, 0.2) is 5.78 Å². The van der Waals surface area contributed by atoms with E-state index in [-0.39, 0.29) is 29.1 Å². The smallest absolute Gasteiger partial charge is 0.406 e. The summed E-state index contributed by atoms with van der Waals surface area (Å²) in [7, 11) is 1.79. The maximum Gasteiger partial charge on any atom is 0.573 e. The highest BCUT2D eigenvalue weighted by molar-refractivity contribution is 6.31. The van der Waals surface area contributed by atoms with Gasteiger partial charge in [0.2, 0.25) is 0 Å². The topological polar surface area (TPSA) is 96.9 Å². The number of benzene rings is 4. The van der Waals surface area contributed by atoms with Gasteiger partial charge in [0.05, 0.1) is 33.5 Å². The van der Waals surface area contributed by atoms with Crippen LogP contribution in [0.5, 0.6) is 11.5 Å². The van der Waals surface area contributed by atoms with Crippen LogP contribution in [0.2, 0.25) is 10.0 Å². The summed E-state index contributed by atoms with van der Waals surface area (Å²) < 4.78 is 85.8. The van der Waals surface area contributed by atoms with Gasteiger partial charge in [-0.05, 0) is 152 Å². The molecular weight excluding hydrogens is 1070 g/mol. The van der Waals surface area contributed by atoms with E-state index in [1.807, 2.05) is 26.0 Å². The normalized spacial score (nSPS) is 14.6. The van der Waals surface area contributed by atoms with Gasteiger partial charge in [0.25, 0.3) is 5.91 Å². The molecule has 0 unspecified atom stereocenters. The number of aryl methyl sites for hydroxylation is 3. The van der Waals surface area contributed by atoms with Gasteiger partial charge in [-0.3, -0.25) is 9.59 Å². The summed E-state index contributed by atoms with van der Waals surface area (Å²) in [6.07, 6.45) is 0.144. The highest BCUT2D eigenvalue weighted by atomic mass is 35.5. The molecule has 8 aromatic rings. The minimum absolute atomic E-state index is 0.0632. The summed E-state index contributed by atoms with van der Waals surface area (Å²) >= 11 is 12.4. The number of hydrogen-bond donors (Lipinski definition) is 0. The largest absolute Gasteiger partial charge is 0.573 e. The Morgan fingerprint density at radius 2 is 0.987 bits per heavy atom. The zero-order valence-electron chi connectivity index (χ0n) is 43.8. The Hall–Kier alpha value is -7.24. The van der Waals surface area contributed by atoms with E-state index < -0.39 is 12.7 Å². The lowest BCUT2D eigenvalue weighted by atomic mass is 9.89. The molecule has 0 aliphatic carbocycles. The van der Waals surface area contributed by atoms with Crippen molar-refractivity contribution >= 4 is 57.3 Å². The van der Waals surface area contributed by atoms with Gasteiger partial charge in [-0.25, -0.2) is 9.03 Å². The van der Waals surface area contributed by atoms with Crippen LogP contribution in [0.4, 0.5) is 37.7 Å². The first-order valence-corrected chi connectivity index (χ1v) is 27.1. The number of Topliss-reactive ketones (excluding diaryl/α,β-unsaturated/α-hetero) is 1. The van der Waals surface area contributed by atoms with Crippen LogP contribution < -0.4 is 19.3 Å². The van der Waals surface area contributed by atoms with Crippen molar-refractivity contribution in [2.45, 2.75) is 96.3 Å². The van der Waals surface area contributed by atoms with Gasteiger partial charge in [-0.1, -0.05) is 85.6 Å². The molecule has 2 fully saturated rings. The van der Waals surface area contributed by atoms with Gasteiger partial charge in [0.1, 0.15) is 11.5 Å². The van der Waals surface area contributed by atoms with Crippen molar-refractivity contribution in [1.29, 1.82) is 0 Å². The summed E-state index contributed by atoms with van der Waals surface area (Å²) in [6, 6.07) is 36.0. The summed E-state index contributed by atoms with van der Waals surface area (Å²) in [6.45, 7) is 7.84. The van der Waals surface area contributed by atoms with Crippen molar-refractivity contribution in [1.82, 2.24) is 24.1 Å². The molecule has 1 amide bonds. The number of alkyl halides is 6. The van der Waals surface area contributed by atoms with E-state index in [0.717, 1.165) is 102 Å². The maximum atomic E-state index is 13.4. The van der Waals surface area contributed by atoms with Crippen LogP contribution >= 0.6 is 23.2 Å². The number of carbonyl (C=O) groups excluding carboxylic acids is 2. The molecule has 0 N–H and O–H groups in total. The standard InChI is InChI=1S/C30H30ClF3N4O2.C30H29ClF3N3O2/c1-3-26-28(27-18-23(31)14-17-38(27)35-26)29(39)36(2)19-20-4-8-24(9-5-20)37-15-12-22(13-16-37)21-6-10-25(11-7-21)40-30(32,33)34;1-2-26-29(27-19-23(31)15-18-37(27)35-26)28(38)12-5-20-3-8-24(9-4-20)36-16-13-22(14-17-36)21-6-10-25(11-7-21)39-30(32,33)34/h4-11,14,17-18,22H,3,12-13,15-16,19H2,1-2H3;3-4,6-11,15,18-19,22H,2,5,12-14,16-17H2,1H3. The predicted molar refractivity (Wildman–Crippen MR) is 295 cm³/mol. The second-order valence-electron chi connectivity index (χ2n) is 19.9. The SMILES string of the molecule is CCc1nn2ccc(Cl)cc2c1C(=O)CCc1ccc(N2CCC(c3ccc(OC(F)(F)F)cc3)CC2)cc1.CCc1nn2ccc(Cl)cc2c1C(=O)N(C)Cc1ccc(N2CCC(c3ccc(OC(F)(F)F)cc3)CC2)cc1. The number of fused-ring (bicyclic) bond motifs is 2. The average Bonchev–Trinajstić information content (AvgIpc) is 4.20. The molecule has 2 aliphatic heterocycles. The summed E-state index contributed by atoms with van der Waals surface area (Å²) in [5.41, 5.74) is 10.6. The number of ether oxygens (including phenoxy) is 2. The quantitative estimate of drug-likeness (QED) is 0.0740. The zero-order chi connectivity index (χ0) is 56.0. The molecule has 4 aromatic carbocycles. The average molecular weight is 1130 g/mol. The van der Waals surface area contributed by atoms with Crippen molar-refractivity contribution in [2.24, 2.45) is 0 Å². The molecule has 2 saturated heterocycles. The predicted octanol–water partition coefficient (Wildman–Crippen LogP) is 14.8. The lowest BCUT2D eigenvalue weighted by Crippen LogP contribution is -2.32. The van der Waals surface area contributed by atoms with Gasteiger partial charge in [0, 0.05) is 80.0 Å². The monoisotopic (exact) mass is 1130 g/mol. The highest BCUT2D eigenvalue weighted by Gasteiger charge is 2.33. The molecule has 19 heteroatoms. The molecule has 11 nitrogen and oxygen atoms in total. The van der Waals surface area contributed by atoms with Crippen LogP contribution in [0.1, 0.15) is 112 Å². The van der Waals surface area contributed by atoms with Crippen molar-refractivity contribution in [3.8, 4) is 11.5 Å². The maximum absolute atomic E-state index is 13.4. The van der Waals surface area contributed by atoms with Crippen molar-refractivity contribution < 1.29 is 45.4 Å². The number of hydrogen-bond acceptors (Lipinski definition) is 8. The van der Waals surface area contributed by atoms with Crippen LogP contribution in [-0.2, 0) is 25.8 Å². The fraction of sp³-hybridized carbons (Fsp3) is 0.333. The number of halogens is 8. The molecule has 0 bridgehead atoms. The van der Waals surface area contributed by atoms with E-state index in [4.69, 9.17) is 23.2 Å². The molecule has 414 valence electrons. The number of nitrogens with zero attached hydrogens (tertiary/aromatic N) is 7. The third kappa shape index (κ3) is 14.2. The van der Waals surface area contributed by atoms with E-state index in [1.54, 1.807) is 81.9 Å². The molecule has 0 spiro atoms. The lowest BCUT2D eigenvalue weighted by molar-refractivity contribution is -0.275. The van der Waals surface area contributed by atoms with Crippen molar-refractivity contribution in [2.75, 3.05) is 43.0 Å². The number of amides is 1. The van der Waals surface area contributed by atoms with Gasteiger partial charge in [-0.15, -0.1) is 26.3 Å². The Morgan fingerprint density at radius 3 is 1.41 bits per heavy atom. The Balaban J connectivity index is 0.000000192. The number of rotatable bonds is 15. The third-order valence-electron chi connectivity index (χ3n) is 14.7. The van der Waals surface area contributed by atoms with Gasteiger partial charge >= 0.3 is 12.7 Å². The lowest BCUT2D eigenvalue weighted by Gasteiger charge is -2.34. The van der Waals surface area contributed by atoms with Crippen LogP contribution in [0, 0.1) is 0 Å². The molecule has 0 radical (unpaired) electrons. The Bertz CT molecular complexity index is 3370. The van der Waals surface area contributed by atoms with Crippen LogP contribution in [0.15, 0.2) is 134 Å². The summed E-state index contributed by atoms with van der Waals surface area (Å²) in [5, 5.41) is 10.2. The first-order valence-electron chi connectivity index (χ1n) is 26.3. The molecule has 79 heavy (non-hydrogen) atoms. The molecule has 2 aliphatic rings. The van der Waals surface area contributed by atoms with Gasteiger partial charge in [-0.2, -0.15) is 10.2 Å². The number of ketones is 1. The molecule has 0 atom stereocenters. The Labute approximate surface area is 464 Å². The fourth-order valence-corrected chi connectivity index (χ4v) is 10.9. The Morgan fingerprint density at radius 1 is 0.582 bits per heavy atom. The number of aromatic nitrogens is 4. The molecule has 4 aromatic heterocycles. The first-order chi connectivity index (χ1) is 37.8. The van der Waals surface area contributed by atoms with Crippen molar-refractivity contribution in [3.05, 3.63) is 189 Å². The molecule has 6 heterocycles. The summed E-state index contributed by atoms with van der Waals surface area (Å²) in [4.78, 5) is 32.9.